The Labute approximate surface area is 156 Å². The topological polar surface area (TPSA) is 78.3 Å². The van der Waals surface area contributed by atoms with Crippen LogP contribution in [-0.2, 0) is 16.1 Å². The van der Waals surface area contributed by atoms with Crippen LogP contribution in [0.3, 0.4) is 0 Å². The highest BCUT2D eigenvalue weighted by atomic mass is 16.5. The molecule has 0 fully saturated rings. The van der Waals surface area contributed by atoms with Gasteiger partial charge in [0.25, 0.3) is 5.56 Å². The van der Waals surface area contributed by atoms with Gasteiger partial charge in [0.05, 0.1) is 23.7 Å². The van der Waals surface area contributed by atoms with Gasteiger partial charge >= 0.3 is 5.97 Å². The lowest BCUT2D eigenvalue weighted by atomic mass is 10.1. The Morgan fingerprint density at radius 3 is 2.59 bits per heavy atom. The Balaban J connectivity index is 1.64. The van der Waals surface area contributed by atoms with E-state index in [1.54, 1.807) is 43.3 Å². The number of benzene rings is 2. The number of fused-ring (bicyclic) bond motifs is 1. The molecule has 3 aromatic rings. The average molecular weight is 364 g/mol. The first-order valence-electron chi connectivity index (χ1n) is 8.71. The number of aromatic nitrogens is 2. The van der Waals surface area contributed by atoms with Crippen LogP contribution in [0.25, 0.3) is 10.9 Å². The summed E-state index contributed by atoms with van der Waals surface area (Å²) in [6.07, 6.45) is 0.531. The van der Waals surface area contributed by atoms with E-state index in [9.17, 15) is 14.4 Å². The predicted octanol–water partition coefficient (Wildman–Crippen LogP) is 2.91. The highest BCUT2D eigenvalue weighted by molar-refractivity contribution is 6.00. The fraction of sp³-hybridized carbons (Fsp3) is 0.238. The molecule has 0 amide bonds. The second kappa shape index (κ2) is 7.95. The molecule has 2 aromatic carbocycles. The van der Waals surface area contributed by atoms with E-state index < -0.39 is 12.1 Å². The first-order chi connectivity index (χ1) is 13.0. The maximum atomic E-state index is 12.5. The summed E-state index contributed by atoms with van der Waals surface area (Å²) in [6, 6.07) is 14.1. The standard InChI is InChI=1S/C21H20N2O4/c1-14-7-6-10-17-19(14)22-13-23(21(17)26)12-11-18(24)27-15(2)20(25)16-8-4-3-5-9-16/h3-10,13,15H,11-12H2,1-2H3/t15-/m0/s1. The Morgan fingerprint density at radius 2 is 1.85 bits per heavy atom. The number of ketones is 1. The number of hydrogen-bond donors (Lipinski definition) is 0. The summed E-state index contributed by atoms with van der Waals surface area (Å²) in [5.41, 5.74) is 1.86. The Bertz CT molecular complexity index is 1040. The molecule has 0 spiro atoms. The van der Waals surface area contributed by atoms with Crippen molar-refractivity contribution in [2.45, 2.75) is 32.9 Å². The fourth-order valence-electron chi connectivity index (χ4n) is 2.86. The quantitative estimate of drug-likeness (QED) is 0.496. The number of rotatable bonds is 6. The summed E-state index contributed by atoms with van der Waals surface area (Å²) in [5.74, 6) is -0.799. The summed E-state index contributed by atoms with van der Waals surface area (Å²) in [6.45, 7) is 3.57. The van der Waals surface area contributed by atoms with Gasteiger partial charge in [-0.2, -0.15) is 0 Å². The second-order valence-electron chi connectivity index (χ2n) is 6.33. The molecular weight excluding hydrogens is 344 g/mol. The third kappa shape index (κ3) is 4.11. The summed E-state index contributed by atoms with van der Waals surface area (Å²) >= 11 is 0. The molecule has 1 aromatic heterocycles. The van der Waals surface area contributed by atoms with Gasteiger partial charge in [-0.15, -0.1) is 0 Å². The Kier molecular flexibility index (Phi) is 5.45. The zero-order chi connectivity index (χ0) is 19.4. The van der Waals surface area contributed by atoms with Gasteiger partial charge in [-0.05, 0) is 25.5 Å². The third-order valence-corrected chi connectivity index (χ3v) is 4.35. The normalized spacial score (nSPS) is 11.9. The van der Waals surface area contributed by atoms with E-state index in [1.165, 1.54) is 10.9 Å². The van der Waals surface area contributed by atoms with Crippen LogP contribution in [0.2, 0.25) is 0 Å². The summed E-state index contributed by atoms with van der Waals surface area (Å²) in [4.78, 5) is 41.2. The Morgan fingerprint density at radius 1 is 1.11 bits per heavy atom. The minimum atomic E-state index is -0.881. The molecule has 0 radical (unpaired) electrons. The zero-order valence-corrected chi connectivity index (χ0v) is 15.2. The molecule has 0 aliphatic rings. The predicted molar refractivity (Wildman–Crippen MR) is 102 cm³/mol. The average Bonchev–Trinajstić information content (AvgIpc) is 2.68. The van der Waals surface area contributed by atoms with E-state index >= 15 is 0 Å². The van der Waals surface area contributed by atoms with Crippen LogP contribution in [0.1, 0.15) is 29.3 Å². The van der Waals surface area contributed by atoms with Crippen LogP contribution in [0.4, 0.5) is 0 Å². The minimum absolute atomic E-state index is 0.0225. The first-order valence-corrected chi connectivity index (χ1v) is 8.71. The second-order valence-corrected chi connectivity index (χ2v) is 6.33. The maximum Gasteiger partial charge on any atom is 0.308 e. The first kappa shape index (κ1) is 18.5. The van der Waals surface area contributed by atoms with E-state index in [0.717, 1.165) is 5.56 Å². The molecule has 0 bridgehead atoms. The van der Waals surface area contributed by atoms with Crippen LogP contribution >= 0.6 is 0 Å². The van der Waals surface area contributed by atoms with E-state index in [1.807, 2.05) is 19.1 Å². The van der Waals surface area contributed by atoms with Gasteiger partial charge in [0.1, 0.15) is 0 Å². The number of Topliss-reactive ketones (excluding diaryl/α,β-unsaturated/α-hetero) is 1. The van der Waals surface area contributed by atoms with E-state index in [4.69, 9.17) is 4.74 Å². The van der Waals surface area contributed by atoms with Crippen LogP contribution in [0.5, 0.6) is 0 Å². The third-order valence-electron chi connectivity index (χ3n) is 4.35. The smallest absolute Gasteiger partial charge is 0.308 e. The van der Waals surface area contributed by atoms with Gasteiger partial charge in [0.2, 0.25) is 5.78 Å². The molecule has 6 heteroatoms. The van der Waals surface area contributed by atoms with Crippen molar-refractivity contribution >= 4 is 22.7 Å². The highest BCUT2D eigenvalue weighted by Gasteiger charge is 2.19. The summed E-state index contributed by atoms with van der Waals surface area (Å²) in [5, 5.41) is 0.512. The number of para-hydroxylation sites is 1. The highest BCUT2D eigenvalue weighted by Crippen LogP contribution is 2.11. The molecule has 0 saturated heterocycles. The van der Waals surface area contributed by atoms with Crippen molar-refractivity contribution in [2.24, 2.45) is 0 Å². The van der Waals surface area contributed by atoms with Crippen LogP contribution in [0, 0.1) is 6.92 Å². The Hall–Kier alpha value is -3.28. The van der Waals surface area contributed by atoms with Crippen LogP contribution in [-0.4, -0.2) is 27.4 Å². The monoisotopic (exact) mass is 364 g/mol. The molecule has 27 heavy (non-hydrogen) atoms. The van der Waals surface area contributed by atoms with Crippen molar-refractivity contribution < 1.29 is 14.3 Å². The molecule has 0 aliphatic carbocycles. The molecule has 0 saturated carbocycles. The van der Waals surface area contributed by atoms with Gasteiger partial charge in [0.15, 0.2) is 6.10 Å². The molecule has 1 atom stereocenters. The SMILES string of the molecule is Cc1cccc2c(=O)n(CCC(=O)O[C@@H](C)C(=O)c3ccccc3)cnc12. The van der Waals surface area contributed by atoms with Crippen molar-refractivity contribution in [1.82, 2.24) is 9.55 Å². The summed E-state index contributed by atoms with van der Waals surface area (Å²) < 4.78 is 6.59. The van der Waals surface area contributed by atoms with Gasteiger partial charge in [-0.3, -0.25) is 19.0 Å². The van der Waals surface area contributed by atoms with Gasteiger partial charge in [-0.25, -0.2) is 4.98 Å². The molecule has 3 rings (SSSR count). The molecule has 0 aliphatic heterocycles. The minimum Gasteiger partial charge on any atom is -0.454 e. The lowest BCUT2D eigenvalue weighted by Gasteiger charge is -2.13. The number of aryl methyl sites for hydroxylation is 2. The largest absolute Gasteiger partial charge is 0.454 e. The number of hydrogen-bond acceptors (Lipinski definition) is 5. The van der Waals surface area contributed by atoms with Crippen molar-refractivity contribution in [3.8, 4) is 0 Å². The fourth-order valence-corrected chi connectivity index (χ4v) is 2.86. The number of ether oxygens (including phenoxy) is 1. The number of nitrogens with zero attached hydrogens (tertiary/aromatic N) is 2. The lowest BCUT2D eigenvalue weighted by molar-refractivity contribution is -0.146. The van der Waals surface area contributed by atoms with Crippen molar-refractivity contribution in [1.29, 1.82) is 0 Å². The van der Waals surface area contributed by atoms with Gasteiger partial charge < -0.3 is 4.74 Å². The van der Waals surface area contributed by atoms with Crippen LogP contribution in [0.15, 0.2) is 59.7 Å². The number of esters is 1. The number of carbonyl (C=O) groups excluding carboxylic acids is 2. The van der Waals surface area contributed by atoms with Gasteiger partial charge in [-0.1, -0.05) is 42.5 Å². The number of carbonyl (C=O) groups is 2. The lowest BCUT2D eigenvalue weighted by Crippen LogP contribution is -2.26. The molecular formula is C21H20N2O4. The van der Waals surface area contributed by atoms with E-state index in [2.05, 4.69) is 4.98 Å². The van der Waals surface area contributed by atoms with Crippen molar-refractivity contribution in [3.63, 3.8) is 0 Å². The molecule has 138 valence electrons. The van der Waals surface area contributed by atoms with Crippen LogP contribution < -0.4 is 5.56 Å². The van der Waals surface area contributed by atoms with Crippen molar-refractivity contribution in [2.75, 3.05) is 0 Å². The molecule has 0 N–H and O–H groups in total. The van der Waals surface area contributed by atoms with Crippen molar-refractivity contribution in [3.05, 3.63) is 76.3 Å². The van der Waals surface area contributed by atoms with E-state index in [0.29, 0.717) is 16.5 Å². The molecule has 1 heterocycles. The zero-order valence-electron chi connectivity index (χ0n) is 15.2. The molecule has 0 unspecified atom stereocenters. The van der Waals surface area contributed by atoms with Gasteiger partial charge in [0, 0.05) is 12.1 Å². The van der Waals surface area contributed by atoms with E-state index in [-0.39, 0.29) is 24.3 Å². The summed E-state index contributed by atoms with van der Waals surface area (Å²) in [7, 11) is 0. The maximum absolute atomic E-state index is 12.5. The molecule has 6 nitrogen and oxygen atoms in total.